The number of rotatable bonds is 3. The first-order valence-corrected chi connectivity index (χ1v) is 8.00. The van der Waals surface area contributed by atoms with Gasteiger partial charge in [-0.15, -0.1) is 11.3 Å². The lowest BCUT2D eigenvalue weighted by atomic mass is 10.1. The number of carbonyl (C=O) groups excluding carboxylic acids is 1. The predicted octanol–water partition coefficient (Wildman–Crippen LogP) is 2.81. The van der Waals surface area contributed by atoms with Crippen LogP contribution in [0.3, 0.4) is 0 Å². The number of likely N-dealkylation sites (tertiary alicyclic amines) is 1. The lowest BCUT2D eigenvalue weighted by Gasteiger charge is -2.21. The van der Waals surface area contributed by atoms with E-state index in [1.165, 1.54) is 4.90 Å². The first-order chi connectivity index (χ1) is 10.6. The van der Waals surface area contributed by atoms with Crippen molar-refractivity contribution < 1.29 is 14.7 Å². The standard InChI is InChI=1S/C16H16N2O3S/c1-10-9-22-14(17-10)11-4-6-12(7-5-11)15(19)18-8-2-3-13(18)16(20)21/h4-7,9,13H,2-3,8H2,1H3,(H,20,21)/t13-/m1/s1. The zero-order chi connectivity index (χ0) is 15.7. The average molecular weight is 316 g/mol. The predicted molar refractivity (Wildman–Crippen MR) is 84.0 cm³/mol. The first kappa shape index (κ1) is 14.7. The molecule has 1 fully saturated rings. The molecular formula is C16H16N2O3S. The van der Waals surface area contributed by atoms with Crippen LogP contribution < -0.4 is 0 Å². The molecule has 2 heterocycles. The number of carboxylic acid groups (broad SMARTS) is 1. The SMILES string of the molecule is Cc1csc(-c2ccc(C(=O)N3CCC[C@@H]3C(=O)O)cc2)n1. The largest absolute Gasteiger partial charge is 0.480 e. The molecule has 1 aromatic heterocycles. The third-order valence-corrected chi connectivity index (χ3v) is 4.81. The molecule has 6 heteroatoms. The Bertz CT molecular complexity index is 708. The van der Waals surface area contributed by atoms with E-state index >= 15 is 0 Å². The highest BCUT2D eigenvalue weighted by Gasteiger charge is 2.34. The summed E-state index contributed by atoms with van der Waals surface area (Å²) in [6, 6.07) is 6.50. The second-order valence-corrected chi connectivity index (χ2v) is 6.22. The van der Waals surface area contributed by atoms with Crippen LogP contribution in [0.2, 0.25) is 0 Å². The molecule has 1 amide bonds. The molecule has 1 saturated heterocycles. The van der Waals surface area contributed by atoms with Crippen molar-refractivity contribution >= 4 is 23.2 Å². The van der Waals surface area contributed by atoms with Gasteiger partial charge in [-0.3, -0.25) is 4.79 Å². The number of aliphatic carboxylic acids is 1. The van der Waals surface area contributed by atoms with Crippen molar-refractivity contribution in [2.75, 3.05) is 6.54 Å². The summed E-state index contributed by atoms with van der Waals surface area (Å²) < 4.78 is 0. The van der Waals surface area contributed by atoms with Crippen LogP contribution >= 0.6 is 11.3 Å². The maximum absolute atomic E-state index is 12.5. The van der Waals surface area contributed by atoms with Gasteiger partial charge in [0.25, 0.3) is 5.91 Å². The van der Waals surface area contributed by atoms with Crippen LogP contribution in [0.25, 0.3) is 10.6 Å². The van der Waals surface area contributed by atoms with Gasteiger partial charge in [0.1, 0.15) is 11.0 Å². The number of benzene rings is 1. The number of aromatic nitrogens is 1. The molecule has 0 aliphatic carbocycles. The third kappa shape index (κ3) is 2.74. The smallest absolute Gasteiger partial charge is 0.326 e. The molecule has 0 unspecified atom stereocenters. The van der Waals surface area contributed by atoms with Gasteiger partial charge in [0.15, 0.2) is 0 Å². The van der Waals surface area contributed by atoms with Gasteiger partial charge in [-0.25, -0.2) is 9.78 Å². The molecule has 22 heavy (non-hydrogen) atoms. The van der Waals surface area contributed by atoms with Crippen molar-refractivity contribution in [2.45, 2.75) is 25.8 Å². The highest BCUT2D eigenvalue weighted by atomic mass is 32.1. The molecule has 1 atom stereocenters. The summed E-state index contributed by atoms with van der Waals surface area (Å²) in [7, 11) is 0. The van der Waals surface area contributed by atoms with E-state index in [-0.39, 0.29) is 5.91 Å². The molecule has 0 saturated carbocycles. The fourth-order valence-electron chi connectivity index (χ4n) is 2.67. The molecule has 5 nitrogen and oxygen atoms in total. The number of thiazole rings is 1. The second kappa shape index (κ2) is 5.88. The third-order valence-electron chi connectivity index (χ3n) is 3.80. The number of nitrogens with zero attached hydrogens (tertiary/aromatic N) is 2. The molecule has 3 rings (SSSR count). The van der Waals surface area contributed by atoms with Crippen molar-refractivity contribution in [1.29, 1.82) is 0 Å². The minimum absolute atomic E-state index is 0.216. The summed E-state index contributed by atoms with van der Waals surface area (Å²) in [6.07, 6.45) is 1.26. The van der Waals surface area contributed by atoms with E-state index in [1.54, 1.807) is 23.5 Å². The number of hydrogen-bond donors (Lipinski definition) is 1. The summed E-state index contributed by atoms with van der Waals surface area (Å²) in [6.45, 7) is 2.44. The van der Waals surface area contributed by atoms with Crippen molar-refractivity contribution in [3.8, 4) is 10.6 Å². The quantitative estimate of drug-likeness (QED) is 0.945. The lowest BCUT2D eigenvalue weighted by molar-refractivity contribution is -0.141. The normalized spacial score (nSPS) is 17.7. The second-order valence-electron chi connectivity index (χ2n) is 5.37. The molecule has 1 aromatic carbocycles. The molecule has 114 valence electrons. The Balaban J connectivity index is 1.80. The van der Waals surface area contributed by atoms with Crippen LogP contribution in [0.4, 0.5) is 0 Å². The van der Waals surface area contributed by atoms with E-state index in [1.807, 2.05) is 24.4 Å². The molecule has 2 aromatic rings. The van der Waals surface area contributed by atoms with Gasteiger partial charge >= 0.3 is 5.97 Å². The first-order valence-electron chi connectivity index (χ1n) is 7.12. The van der Waals surface area contributed by atoms with Gasteiger partial charge in [0.2, 0.25) is 0 Å². The lowest BCUT2D eigenvalue weighted by Crippen LogP contribution is -2.40. The van der Waals surface area contributed by atoms with Gasteiger partial charge in [0, 0.05) is 28.7 Å². The van der Waals surface area contributed by atoms with Crippen molar-refractivity contribution in [3.05, 3.63) is 40.9 Å². The number of amides is 1. The van der Waals surface area contributed by atoms with Crippen LogP contribution in [0.1, 0.15) is 28.9 Å². The van der Waals surface area contributed by atoms with E-state index in [9.17, 15) is 14.7 Å². The summed E-state index contributed by atoms with van der Waals surface area (Å²) >= 11 is 1.56. The van der Waals surface area contributed by atoms with Crippen molar-refractivity contribution in [1.82, 2.24) is 9.88 Å². The minimum atomic E-state index is -0.930. The molecule has 0 radical (unpaired) electrons. The average Bonchev–Trinajstić information content (AvgIpc) is 3.15. The minimum Gasteiger partial charge on any atom is -0.480 e. The van der Waals surface area contributed by atoms with Crippen molar-refractivity contribution in [2.24, 2.45) is 0 Å². The zero-order valence-electron chi connectivity index (χ0n) is 12.2. The number of hydrogen-bond acceptors (Lipinski definition) is 4. The maximum atomic E-state index is 12.5. The Hall–Kier alpha value is -2.21. The summed E-state index contributed by atoms with van der Waals surface area (Å²) in [5.41, 5.74) is 2.46. The van der Waals surface area contributed by atoms with Gasteiger partial charge in [-0.05, 0) is 31.9 Å². The van der Waals surface area contributed by atoms with Crippen LogP contribution in [-0.4, -0.2) is 39.5 Å². The van der Waals surface area contributed by atoms with Crippen LogP contribution in [0.15, 0.2) is 29.6 Å². The Morgan fingerprint density at radius 2 is 2.05 bits per heavy atom. The molecule has 0 spiro atoms. The Kier molecular flexibility index (Phi) is 3.94. The zero-order valence-corrected chi connectivity index (χ0v) is 13.0. The maximum Gasteiger partial charge on any atom is 0.326 e. The number of aryl methyl sites for hydroxylation is 1. The Morgan fingerprint density at radius 3 is 2.64 bits per heavy atom. The van der Waals surface area contributed by atoms with Gasteiger partial charge in [-0.1, -0.05) is 12.1 Å². The Morgan fingerprint density at radius 1 is 1.32 bits per heavy atom. The van der Waals surface area contributed by atoms with Gasteiger partial charge < -0.3 is 10.0 Å². The van der Waals surface area contributed by atoms with Gasteiger partial charge in [0.05, 0.1) is 0 Å². The van der Waals surface area contributed by atoms with E-state index in [0.29, 0.717) is 18.5 Å². The van der Waals surface area contributed by atoms with Gasteiger partial charge in [-0.2, -0.15) is 0 Å². The van der Waals surface area contributed by atoms with Crippen LogP contribution in [0.5, 0.6) is 0 Å². The molecule has 1 aliphatic rings. The van der Waals surface area contributed by atoms with Crippen LogP contribution in [-0.2, 0) is 4.79 Å². The summed E-state index contributed by atoms with van der Waals surface area (Å²) in [4.78, 5) is 29.5. The topological polar surface area (TPSA) is 70.5 Å². The molecule has 0 bridgehead atoms. The van der Waals surface area contributed by atoms with E-state index < -0.39 is 12.0 Å². The number of carboxylic acids is 1. The fraction of sp³-hybridized carbons (Fsp3) is 0.312. The highest BCUT2D eigenvalue weighted by Crippen LogP contribution is 2.25. The van der Waals surface area contributed by atoms with Crippen LogP contribution in [0, 0.1) is 6.92 Å². The summed E-state index contributed by atoms with van der Waals surface area (Å²) in [5.74, 6) is -1.15. The molecule has 1 N–H and O–H groups in total. The van der Waals surface area contributed by atoms with E-state index in [4.69, 9.17) is 0 Å². The van der Waals surface area contributed by atoms with E-state index in [0.717, 1.165) is 22.7 Å². The Labute approximate surface area is 132 Å². The van der Waals surface area contributed by atoms with Crippen molar-refractivity contribution in [3.63, 3.8) is 0 Å². The molecule has 1 aliphatic heterocycles. The van der Waals surface area contributed by atoms with E-state index in [2.05, 4.69) is 4.98 Å². The highest BCUT2D eigenvalue weighted by molar-refractivity contribution is 7.13. The summed E-state index contributed by atoms with van der Waals surface area (Å²) in [5, 5.41) is 12.1. The fourth-order valence-corrected chi connectivity index (χ4v) is 3.48. The number of carbonyl (C=O) groups is 2. The molecular weight excluding hydrogens is 300 g/mol. The monoisotopic (exact) mass is 316 g/mol.